The van der Waals surface area contributed by atoms with Gasteiger partial charge in [0.1, 0.15) is 16.5 Å². The van der Waals surface area contributed by atoms with E-state index in [0.29, 0.717) is 16.4 Å². The first-order chi connectivity index (χ1) is 8.95. The van der Waals surface area contributed by atoms with E-state index >= 15 is 0 Å². The molecule has 104 valence electrons. The first-order valence-corrected chi connectivity index (χ1v) is 6.98. The van der Waals surface area contributed by atoms with Crippen molar-refractivity contribution in [3.8, 4) is 0 Å². The average molecular weight is 283 g/mol. The van der Waals surface area contributed by atoms with Crippen molar-refractivity contribution in [3.05, 3.63) is 22.8 Å². The monoisotopic (exact) mass is 282 g/mol. The number of rotatable bonds is 3. The van der Waals surface area contributed by atoms with E-state index in [2.05, 4.69) is 18.8 Å². The number of halogens is 1. The lowest BCUT2D eigenvalue weighted by Crippen LogP contribution is -2.39. The van der Waals surface area contributed by atoms with Gasteiger partial charge >= 0.3 is 5.97 Å². The molecule has 2 rings (SSSR count). The van der Waals surface area contributed by atoms with Gasteiger partial charge in [-0.1, -0.05) is 31.9 Å². The van der Waals surface area contributed by atoms with Crippen LogP contribution in [-0.2, 0) is 0 Å². The Morgan fingerprint density at radius 2 is 2.11 bits per heavy atom. The SMILES string of the molecule is CCC1(C)CCN(c2nc(Cl)ccc2C(=O)O)CC1. The summed E-state index contributed by atoms with van der Waals surface area (Å²) in [6.45, 7) is 6.15. The zero-order valence-electron chi connectivity index (χ0n) is 11.3. The predicted molar refractivity (Wildman–Crippen MR) is 76.1 cm³/mol. The maximum atomic E-state index is 11.2. The van der Waals surface area contributed by atoms with Crippen molar-refractivity contribution in [2.75, 3.05) is 18.0 Å². The zero-order valence-corrected chi connectivity index (χ0v) is 12.1. The highest BCUT2D eigenvalue weighted by atomic mass is 35.5. The summed E-state index contributed by atoms with van der Waals surface area (Å²) in [4.78, 5) is 17.5. The molecule has 0 bridgehead atoms. The second-order valence-corrected chi connectivity index (χ2v) is 5.85. The van der Waals surface area contributed by atoms with Gasteiger partial charge in [0.15, 0.2) is 0 Å². The molecule has 19 heavy (non-hydrogen) atoms. The Morgan fingerprint density at radius 1 is 1.47 bits per heavy atom. The van der Waals surface area contributed by atoms with Crippen molar-refractivity contribution in [2.45, 2.75) is 33.1 Å². The molecule has 0 unspecified atom stereocenters. The molecular formula is C14H19ClN2O2. The Labute approximate surface area is 118 Å². The highest BCUT2D eigenvalue weighted by Gasteiger charge is 2.30. The lowest BCUT2D eigenvalue weighted by atomic mass is 9.78. The van der Waals surface area contributed by atoms with Crippen LogP contribution in [0, 0.1) is 5.41 Å². The predicted octanol–water partition coefficient (Wildman–Crippen LogP) is 3.45. The topological polar surface area (TPSA) is 53.4 Å². The number of carboxylic acids is 1. The summed E-state index contributed by atoms with van der Waals surface area (Å²) in [5.41, 5.74) is 0.586. The number of nitrogens with zero attached hydrogens (tertiary/aromatic N) is 2. The second kappa shape index (κ2) is 5.37. The number of aromatic carboxylic acids is 1. The Morgan fingerprint density at radius 3 is 2.63 bits per heavy atom. The van der Waals surface area contributed by atoms with E-state index in [0.717, 1.165) is 32.4 Å². The van der Waals surface area contributed by atoms with Crippen LogP contribution in [0.1, 0.15) is 43.5 Å². The molecule has 0 atom stereocenters. The summed E-state index contributed by atoms with van der Waals surface area (Å²) in [5, 5.41) is 9.56. The summed E-state index contributed by atoms with van der Waals surface area (Å²) in [6, 6.07) is 3.05. The Kier molecular flexibility index (Phi) is 3.99. The van der Waals surface area contributed by atoms with Crippen LogP contribution in [0.3, 0.4) is 0 Å². The number of hydrogen-bond donors (Lipinski definition) is 1. The van der Waals surface area contributed by atoms with Crippen molar-refractivity contribution < 1.29 is 9.90 Å². The molecule has 5 heteroatoms. The summed E-state index contributed by atoms with van der Waals surface area (Å²) < 4.78 is 0. The molecular weight excluding hydrogens is 264 g/mol. The third-order valence-electron chi connectivity index (χ3n) is 4.20. The number of carbonyl (C=O) groups is 1. The highest BCUT2D eigenvalue weighted by Crippen LogP contribution is 2.36. The maximum absolute atomic E-state index is 11.2. The lowest BCUT2D eigenvalue weighted by molar-refractivity contribution is 0.0697. The van der Waals surface area contributed by atoms with Crippen molar-refractivity contribution in [1.29, 1.82) is 0 Å². The summed E-state index contributed by atoms with van der Waals surface area (Å²) in [6.07, 6.45) is 3.25. The first-order valence-electron chi connectivity index (χ1n) is 6.60. The van der Waals surface area contributed by atoms with E-state index in [1.54, 1.807) is 0 Å². The molecule has 0 aliphatic carbocycles. The molecule has 1 aromatic rings. The normalized spacial score (nSPS) is 18.4. The van der Waals surface area contributed by atoms with Crippen molar-refractivity contribution in [3.63, 3.8) is 0 Å². The Bertz CT molecular complexity index is 482. The fraction of sp³-hybridized carbons (Fsp3) is 0.571. The molecule has 0 aromatic carbocycles. The standard InChI is InChI=1S/C14H19ClN2O2/c1-3-14(2)6-8-17(9-7-14)12-10(13(18)19)4-5-11(15)16-12/h4-5H,3,6-9H2,1-2H3,(H,18,19). The number of aromatic nitrogens is 1. The molecule has 0 saturated carbocycles. The highest BCUT2D eigenvalue weighted by molar-refractivity contribution is 6.29. The lowest BCUT2D eigenvalue weighted by Gasteiger charge is -2.39. The van der Waals surface area contributed by atoms with Crippen molar-refractivity contribution >= 4 is 23.4 Å². The van der Waals surface area contributed by atoms with Gasteiger partial charge < -0.3 is 10.0 Å². The van der Waals surface area contributed by atoms with Crippen LogP contribution in [0.5, 0.6) is 0 Å². The van der Waals surface area contributed by atoms with E-state index in [1.807, 2.05) is 4.90 Å². The summed E-state index contributed by atoms with van der Waals surface area (Å²) in [5.74, 6) is -0.457. The minimum absolute atomic E-state index is 0.226. The molecule has 0 amide bonds. The fourth-order valence-electron chi connectivity index (χ4n) is 2.45. The fourth-order valence-corrected chi connectivity index (χ4v) is 2.59. The third-order valence-corrected chi connectivity index (χ3v) is 4.41. The molecule has 0 spiro atoms. The van der Waals surface area contributed by atoms with Crippen LogP contribution in [0.2, 0.25) is 5.15 Å². The molecule has 1 N–H and O–H groups in total. The van der Waals surface area contributed by atoms with Crippen LogP contribution in [-0.4, -0.2) is 29.1 Å². The molecule has 1 saturated heterocycles. The number of piperidine rings is 1. The van der Waals surface area contributed by atoms with Gasteiger partial charge in [-0.05, 0) is 30.4 Å². The Balaban J connectivity index is 2.24. The van der Waals surface area contributed by atoms with Gasteiger partial charge in [0, 0.05) is 13.1 Å². The first kappa shape index (κ1) is 14.1. The van der Waals surface area contributed by atoms with E-state index in [9.17, 15) is 9.90 Å². The van der Waals surface area contributed by atoms with Gasteiger partial charge in [0.2, 0.25) is 0 Å². The van der Waals surface area contributed by atoms with Crippen LogP contribution in [0.25, 0.3) is 0 Å². The molecule has 1 fully saturated rings. The van der Waals surface area contributed by atoms with Crippen molar-refractivity contribution in [1.82, 2.24) is 4.98 Å². The largest absolute Gasteiger partial charge is 0.478 e. The molecule has 1 aliphatic heterocycles. The van der Waals surface area contributed by atoms with Crippen molar-refractivity contribution in [2.24, 2.45) is 5.41 Å². The summed E-state index contributed by atoms with van der Waals surface area (Å²) >= 11 is 5.89. The smallest absolute Gasteiger partial charge is 0.339 e. The number of hydrogen-bond acceptors (Lipinski definition) is 3. The van der Waals surface area contributed by atoms with Gasteiger partial charge in [-0.15, -0.1) is 0 Å². The minimum atomic E-state index is -0.956. The van der Waals surface area contributed by atoms with Gasteiger partial charge in [0.05, 0.1) is 0 Å². The molecule has 1 aromatic heterocycles. The van der Waals surface area contributed by atoms with Crippen LogP contribution < -0.4 is 4.90 Å². The number of carboxylic acid groups (broad SMARTS) is 1. The minimum Gasteiger partial charge on any atom is -0.478 e. The average Bonchev–Trinajstić information content (AvgIpc) is 2.39. The molecule has 4 nitrogen and oxygen atoms in total. The van der Waals surface area contributed by atoms with Gasteiger partial charge in [-0.3, -0.25) is 0 Å². The van der Waals surface area contributed by atoms with E-state index in [1.165, 1.54) is 12.1 Å². The maximum Gasteiger partial charge on any atom is 0.339 e. The van der Waals surface area contributed by atoms with E-state index in [4.69, 9.17) is 11.6 Å². The quantitative estimate of drug-likeness (QED) is 0.863. The van der Waals surface area contributed by atoms with E-state index in [-0.39, 0.29) is 5.56 Å². The van der Waals surface area contributed by atoms with Crippen LogP contribution in [0.15, 0.2) is 12.1 Å². The molecule has 2 heterocycles. The zero-order chi connectivity index (χ0) is 14.0. The molecule has 1 aliphatic rings. The molecule has 0 radical (unpaired) electrons. The number of pyridine rings is 1. The summed E-state index contributed by atoms with van der Waals surface area (Å²) in [7, 11) is 0. The van der Waals surface area contributed by atoms with E-state index < -0.39 is 5.97 Å². The Hall–Kier alpha value is -1.29. The van der Waals surface area contributed by atoms with Crippen LogP contribution in [0.4, 0.5) is 5.82 Å². The number of anilines is 1. The van der Waals surface area contributed by atoms with Gasteiger partial charge in [0.25, 0.3) is 0 Å². The third kappa shape index (κ3) is 3.00. The van der Waals surface area contributed by atoms with Crippen LogP contribution >= 0.6 is 11.6 Å². The van der Waals surface area contributed by atoms with Gasteiger partial charge in [-0.25, -0.2) is 9.78 Å². The second-order valence-electron chi connectivity index (χ2n) is 5.46. The van der Waals surface area contributed by atoms with Gasteiger partial charge in [-0.2, -0.15) is 0 Å².